The molecule has 0 aromatic carbocycles. The summed E-state index contributed by atoms with van der Waals surface area (Å²) in [5.74, 6) is -0.208. The van der Waals surface area contributed by atoms with Gasteiger partial charge in [0.1, 0.15) is 12.1 Å². The zero-order valence-corrected chi connectivity index (χ0v) is 7.45. The first-order valence-electron chi connectivity index (χ1n) is 4.47. The molecule has 0 amide bonds. The highest BCUT2D eigenvalue weighted by Crippen LogP contribution is 2.28. The van der Waals surface area contributed by atoms with Gasteiger partial charge in [-0.15, -0.1) is 0 Å². The molecule has 2 fully saturated rings. The van der Waals surface area contributed by atoms with Gasteiger partial charge in [0.25, 0.3) is 0 Å². The number of nitrogens with zero attached hydrogens (tertiary/aromatic N) is 1. The van der Waals surface area contributed by atoms with E-state index in [9.17, 15) is 4.79 Å². The molecular weight excluding hydrogens is 168 g/mol. The molecule has 0 aliphatic carbocycles. The predicted octanol–water partition coefficient (Wildman–Crippen LogP) is -0.566. The molecule has 13 heavy (non-hydrogen) atoms. The number of carbonyl (C=O) groups excluding carboxylic acids is 1. The van der Waals surface area contributed by atoms with Gasteiger partial charge in [0.2, 0.25) is 0 Å². The summed E-state index contributed by atoms with van der Waals surface area (Å²) in [5.41, 5.74) is -0.576. The van der Waals surface area contributed by atoms with Crippen molar-refractivity contribution < 1.29 is 9.53 Å². The van der Waals surface area contributed by atoms with Crippen molar-refractivity contribution in [2.45, 2.75) is 18.0 Å². The molecule has 1 radical (unpaired) electrons. The van der Waals surface area contributed by atoms with E-state index in [1.807, 2.05) is 0 Å². The number of hydrogen-bond donors (Lipinski definition) is 1. The molecule has 2 saturated heterocycles. The van der Waals surface area contributed by atoms with Crippen LogP contribution in [0.4, 0.5) is 0 Å². The van der Waals surface area contributed by atoms with Crippen LogP contribution in [0.15, 0.2) is 12.7 Å². The predicted molar refractivity (Wildman–Crippen MR) is 47.3 cm³/mol. The van der Waals surface area contributed by atoms with E-state index in [2.05, 4.69) is 17.2 Å². The van der Waals surface area contributed by atoms with Crippen molar-refractivity contribution in [3.8, 4) is 0 Å². The van der Waals surface area contributed by atoms with E-state index in [-0.39, 0.29) is 12.6 Å². The van der Waals surface area contributed by atoms with Gasteiger partial charge in [0.05, 0.1) is 0 Å². The number of fused-ring (bicyclic) bond motifs is 2. The second-order valence-corrected chi connectivity index (χ2v) is 3.54. The van der Waals surface area contributed by atoms with E-state index in [0.29, 0.717) is 12.6 Å². The molecule has 1 N–H and O–H groups in total. The molecule has 0 aromatic heterocycles. The van der Waals surface area contributed by atoms with Crippen molar-refractivity contribution in [1.82, 2.24) is 10.6 Å². The highest BCUT2D eigenvalue weighted by Gasteiger charge is 2.52. The first-order valence-corrected chi connectivity index (χ1v) is 4.47. The highest BCUT2D eigenvalue weighted by atomic mass is 16.5. The minimum Gasteiger partial charge on any atom is -0.460 e. The molecule has 4 heteroatoms. The maximum atomic E-state index is 11.6. The van der Waals surface area contributed by atoms with Gasteiger partial charge in [-0.05, 0) is 6.42 Å². The SMILES string of the molecule is C=CCOC(=O)C12CNC(C[N]1)C2. The lowest BCUT2D eigenvalue weighted by Gasteiger charge is -2.23. The largest absolute Gasteiger partial charge is 0.460 e. The first-order chi connectivity index (χ1) is 6.27. The van der Waals surface area contributed by atoms with Crippen LogP contribution in [-0.4, -0.2) is 37.2 Å². The average Bonchev–Trinajstić information content (AvgIpc) is 2.74. The average molecular weight is 181 g/mol. The van der Waals surface area contributed by atoms with Crippen LogP contribution in [0.25, 0.3) is 0 Å². The Hall–Kier alpha value is -0.870. The molecule has 71 valence electrons. The van der Waals surface area contributed by atoms with Crippen molar-refractivity contribution in [2.24, 2.45) is 0 Å². The van der Waals surface area contributed by atoms with E-state index in [0.717, 1.165) is 13.0 Å². The van der Waals surface area contributed by atoms with E-state index in [1.54, 1.807) is 6.08 Å². The molecule has 4 nitrogen and oxygen atoms in total. The molecule has 2 aliphatic rings. The lowest BCUT2D eigenvalue weighted by atomic mass is 10.0. The van der Waals surface area contributed by atoms with Gasteiger partial charge in [-0.2, -0.15) is 0 Å². The maximum Gasteiger partial charge on any atom is 0.329 e. The third kappa shape index (κ3) is 1.36. The molecule has 0 spiro atoms. The molecule has 2 rings (SSSR count). The van der Waals surface area contributed by atoms with Gasteiger partial charge in [0.15, 0.2) is 0 Å². The Balaban J connectivity index is 1.98. The molecular formula is C9H13N2O2. The Kier molecular flexibility index (Phi) is 2.09. The maximum absolute atomic E-state index is 11.6. The topological polar surface area (TPSA) is 52.4 Å². The Morgan fingerprint density at radius 1 is 1.85 bits per heavy atom. The van der Waals surface area contributed by atoms with E-state index >= 15 is 0 Å². The summed E-state index contributed by atoms with van der Waals surface area (Å²) in [4.78, 5) is 11.6. The number of esters is 1. The van der Waals surface area contributed by atoms with Crippen molar-refractivity contribution in [2.75, 3.05) is 19.7 Å². The van der Waals surface area contributed by atoms with Crippen LogP contribution in [0.5, 0.6) is 0 Å². The number of rotatable bonds is 3. The molecule has 0 saturated carbocycles. The molecule has 2 unspecified atom stereocenters. The lowest BCUT2D eigenvalue weighted by molar-refractivity contribution is -0.149. The Morgan fingerprint density at radius 3 is 3.15 bits per heavy atom. The molecule has 2 bridgehead atoms. The summed E-state index contributed by atoms with van der Waals surface area (Å²) in [5, 5.41) is 7.55. The van der Waals surface area contributed by atoms with Crippen LogP contribution in [-0.2, 0) is 9.53 Å². The van der Waals surface area contributed by atoms with Crippen LogP contribution in [0.1, 0.15) is 6.42 Å². The smallest absolute Gasteiger partial charge is 0.329 e. The van der Waals surface area contributed by atoms with Gasteiger partial charge in [0, 0.05) is 19.1 Å². The Morgan fingerprint density at radius 2 is 2.69 bits per heavy atom. The van der Waals surface area contributed by atoms with Crippen molar-refractivity contribution in [3.05, 3.63) is 12.7 Å². The van der Waals surface area contributed by atoms with Crippen LogP contribution < -0.4 is 10.6 Å². The Bertz CT molecular complexity index is 232. The third-order valence-corrected chi connectivity index (χ3v) is 2.59. The number of piperazine rings is 1. The van der Waals surface area contributed by atoms with Gasteiger partial charge in [-0.1, -0.05) is 12.7 Å². The molecule has 2 atom stereocenters. The van der Waals surface area contributed by atoms with Crippen LogP contribution in [0.3, 0.4) is 0 Å². The summed E-state index contributed by atoms with van der Waals surface area (Å²) < 4.78 is 5.01. The van der Waals surface area contributed by atoms with Gasteiger partial charge < -0.3 is 10.1 Å². The number of ether oxygens (including phenoxy) is 1. The van der Waals surface area contributed by atoms with Crippen LogP contribution >= 0.6 is 0 Å². The van der Waals surface area contributed by atoms with E-state index in [4.69, 9.17) is 4.74 Å². The fourth-order valence-corrected chi connectivity index (χ4v) is 1.89. The Labute approximate surface area is 77.3 Å². The summed E-state index contributed by atoms with van der Waals surface area (Å²) in [7, 11) is 0. The number of carbonyl (C=O) groups is 1. The van der Waals surface area contributed by atoms with Crippen molar-refractivity contribution >= 4 is 5.97 Å². The molecule has 0 aromatic rings. The van der Waals surface area contributed by atoms with Gasteiger partial charge in [-0.3, -0.25) is 0 Å². The summed E-state index contributed by atoms with van der Waals surface area (Å²) in [6.45, 7) is 5.15. The first kappa shape index (κ1) is 8.72. The van der Waals surface area contributed by atoms with Crippen molar-refractivity contribution in [1.29, 1.82) is 0 Å². The fraction of sp³-hybridized carbons (Fsp3) is 0.667. The lowest BCUT2D eigenvalue weighted by Crippen LogP contribution is -2.51. The van der Waals surface area contributed by atoms with E-state index in [1.165, 1.54) is 0 Å². The monoisotopic (exact) mass is 181 g/mol. The zero-order valence-electron chi connectivity index (χ0n) is 7.45. The summed E-state index contributed by atoms with van der Waals surface area (Å²) >= 11 is 0. The second kappa shape index (κ2) is 3.12. The fourth-order valence-electron chi connectivity index (χ4n) is 1.89. The normalized spacial score (nSPS) is 36.2. The minimum atomic E-state index is -0.576. The van der Waals surface area contributed by atoms with Crippen LogP contribution in [0.2, 0.25) is 0 Å². The summed E-state index contributed by atoms with van der Waals surface area (Å²) in [6.07, 6.45) is 2.37. The summed E-state index contributed by atoms with van der Waals surface area (Å²) in [6, 6.07) is 0.385. The quantitative estimate of drug-likeness (QED) is 0.469. The van der Waals surface area contributed by atoms with Gasteiger partial charge in [-0.25, -0.2) is 10.1 Å². The van der Waals surface area contributed by atoms with Crippen molar-refractivity contribution in [3.63, 3.8) is 0 Å². The number of hydrogen-bond acceptors (Lipinski definition) is 3. The number of nitrogens with one attached hydrogen (secondary N) is 1. The highest BCUT2D eigenvalue weighted by molar-refractivity contribution is 5.82. The van der Waals surface area contributed by atoms with Gasteiger partial charge >= 0.3 is 5.97 Å². The molecule has 2 heterocycles. The minimum absolute atomic E-state index is 0.208. The van der Waals surface area contributed by atoms with Crippen LogP contribution in [0, 0.1) is 0 Å². The standard InChI is InChI=1S/C9H13N2O2/c1-2-3-13-8(12)9-4-7(5-11-9)10-6-9/h2,7,10H,1,3-6H2. The third-order valence-electron chi connectivity index (χ3n) is 2.59. The van der Waals surface area contributed by atoms with E-state index < -0.39 is 5.54 Å². The zero-order chi connectivity index (χ0) is 9.31. The molecule has 2 aliphatic heterocycles. The second-order valence-electron chi connectivity index (χ2n) is 3.54.